The number of hydrogen-bond acceptors (Lipinski definition) is 2. The minimum absolute atomic E-state index is 0.0647. The van der Waals surface area contributed by atoms with Crippen molar-refractivity contribution in [3.63, 3.8) is 0 Å². The van der Waals surface area contributed by atoms with E-state index in [1.165, 1.54) is 5.56 Å². The number of carboxylic acid groups (broad SMARTS) is 1. The van der Waals surface area contributed by atoms with Gasteiger partial charge in [0, 0.05) is 23.6 Å². The molecule has 0 saturated carbocycles. The van der Waals surface area contributed by atoms with E-state index in [-0.39, 0.29) is 6.42 Å². The van der Waals surface area contributed by atoms with Gasteiger partial charge in [0.1, 0.15) is 0 Å². The van der Waals surface area contributed by atoms with Gasteiger partial charge in [-0.2, -0.15) is 0 Å². The number of aliphatic carboxylic acids is 1. The lowest BCUT2D eigenvalue weighted by atomic mass is 10.1. The molecule has 18 heavy (non-hydrogen) atoms. The van der Waals surface area contributed by atoms with Gasteiger partial charge in [-0.15, -0.1) is 0 Å². The van der Waals surface area contributed by atoms with Crippen LogP contribution in [0.15, 0.2) is 24.4 Å². The van der Waals surface area contributed by atoms with Crippen LogP contribution in [0.25, 0.3) is 10.9 Å². The molecule has 2 aromatic rings. The molecule has 0 spiro atoms. The summed E-state index contributed by atoms with van der Waals surface area (Å²) in [5, 5.41) is 9.96. The third kappa shape index (κ3) is 2.54. The Balaban J connectivity index is 2.48. The zero-order chi connectivity index (χ0) is 13.1. The average Bonchev–Trinajstić information content (AvgIpc) is 2.63. The molecule has 3 N–H and O–H groups in total. The molecule has 0 aliphatic rings. The number of fused-ring (bicyclic) bond motifs is 1. The van der Waals surface area contributed by atoms with Crippen LogP contribution in [0.2, 0.25) is 0 Å². The summed E-state index contributed by atoms with van der Waals surface area (Å²) < 4.78 is 2.10. The molecule has 0 amide bonds. The van der Waals surface area contributed by atoms with E-state index < -0.39 is 5.97 Å². The lowest BCUT2D eigenvalue weighted by Gasteiger charge is -2.04. The summed E-state index contributed by atoms with van der Waals surface area (Å²) >= 11 is 0. The molecule has 0 fully saturated rings. The monoisotopic (exact) mass is 246 g/mol. The van der Waals surface area contributed by atoms with Gasteiger partial charge >= 0.3 is 5.97 Å². The predicted octanol–water partition coefficient (Wildman–Crippen LogP) is 1.93. The number of carbonyl (C=O) groups is 1. The summed E-state index contributed by atoms with van der Waals surface area (Å²) in [5.41, 5.74) is 8.67. The molecule has 1 aromatic carbocycles. The summed E-state index contributed by atoms with van der Waals surface area (Å²) in [7, 11) is 0. The highest BCUT2D eigenvalue weighted by atomic mass is 16.4. The molecule has 0 atom stereocenters. The number of carboxylic acids is 1. The molecule has 0 saturated heterocycles. The first-order valence-corrected chi connectivity index (χ1v) is 6.12. The first-order valence-electron chi connectivity index (χ1n) is 6.12. The highest BCUT2D eigenvalue weighted by Crippen LogP contribution is 2.23. The van der Waals surface area contributed by atoms with Gasteiger partial charge in [0.25, 0.3) is 0 Å². The van der Waals surface area contributed by atoms with Gasteiger partial charge < -0.3 is 15.4 Å². The van der Waals surface area contributed by atoms with Crippen LogP contribution in [0.4, 0.5) is 0 Å². The maximum absolute atomic E-state index is 10.9. The molecule has 4 nitrogen and oxygen atoms in total. The van der Waals surface area contributed by atoms with Crippen molar-refractivity contribution in [2.24, 2.45) is 5.73 Å². The van der Waals surface area contributed by atoms with E-state index in [1.807, 2.05) is 25.3 Å². The Bertz CT molecular complexity index is 572. The molecule has 0 unspecified atom stereocenters. The van der Waals surface area contributed by atoms with Crippen molar-refractivity contribution in [1.29, 1.82) is 0 Å². The summed E-state index contributed by atoms with van der Waals surface area (Å²) in [6.45, 7) is 3.51. The molecule has 0 aliphatic heterocycles. The maximum Gasteiger partial charge on any atom is 0.307 e. The number of hydrogen-bond donors (Lipinski definition) is 2. The molecule has 2 rings (SSSR count). The van der Waals surface area contributed by atoms with Gasteiger partial charge in [-0.05, 0) is 37.1 Å². The van der Waals surface area contributed by atoms with Crippen LogP contribution in [0.1, 0.15) is 17.5 Å². The summed E-state index contributed by atoms with van der Waals surface area (Å²) in [4.78, 5) is 10.9. The van der Waals surface area contributed by atoms with Crippen molar-refractivity contribution in [2.45, 2.75) is 26.3 Å². The second kappa shape index (κ2) is 5.23. The van der Waals surface area contributed by atoms with E-state index in [0.29, 0.717) is 6.54 Å². The number of rotatable bonds is 5. The Morgan fingerprint density at radius 3 is 2.89 bits per heavy atom. The fourth-order valence-electron chi connectivity index (χ4n) is 2.23. The fourth-order valence-corrected chi connectivity index (χ4v) is 2.23. The van der Waals surface area contributed by atoms with E-state index in [2.05, 4.69) is 10.6 Å². The predicted molar refractivity (Wildman–Crippen MR) is 71.7 cm³/mol. The molecule has 4 heteroatoms. The van der Waals surface area contributed by atoms with Crippen LogP contribution in [0.5, 0.6) is 0 Å². The first kappa shape index (κ1) is 12.6. The van der Waals surface area contributed by atoms with Gasteiger partial charge in [-0.1, -0.05) is 12.1 Å². The van der Waals surface area contributed by atoms with Crippen molar-refractivity contribution in [2.75, 3.05) is 6.54 Å². The van der Waals surface area contributed by atoms with E-state index >= 15 is 0 Å². The molecule has 0 aliphatic carbocycles. The van der Waals surface area contributed by atoms with Crippen LogP contribution in [-0.2, 0) is 17.8 Å². The first-order chi connectivity index (χ1) is 8.61. The van der Waals surface area contributed by atoms with Crippen LogP contribution in [0.3, 0.4) is 0 Å². The van der Waals surface area contributed by atoms with E-state index in [1.54, 1.807) is 0 Å². The second-order valence-corrected chi connectivity index (χ2v) is 4.58. The largest absolute Gasteiger partial charge is 0.481 e. The molecule has 1 heterocycles. The molecular weight excluding hydrogens is 228 g/mol. The number of aryl methyl sites for hydroxylation is 2. The Morgan fingerprint density at radius 2 is 2.22 bits per heavy atom. The zero-order valence-electron chi connectivity index (χ0n) is 10.5. The van der Waals surface area contributed by atoms with Crippen molar-refractivity contribution < 1.29 is 9.90 Å². The van der Waals surface area contributed by atoms with E-state index in [4.69, 9.17) is 10.8 Å². The van der Waals surface area contributed by atoms with Crippen molar-refractivity contribution in [3.05, 3.63) is 35.5 Å². The van der Waals surface area contributed by atoms with Gasteiger partial charge in [0.15, 0.2) is 0 Å². The SMILES string of the molecule is Cc1ccc2c(CC(=O)O)cn(CCCN)c2c1. The Kier molecular flexibility index (Phi) is 3.67. The number of nitrogens with two attached hydrogens (primary N) is 1. The second-order valence-electron chi connectivity index (χ2n) is 4.58. The Hall–Kier alpha value is -1.81. The normalized spacial score (nSPS) is 11.0. The van der Waals surface area contributed by atoms with Crippen molar-refractivity contribution in [3.8, 4) is 0 Å². The summed E-state index contributed by atoms with van der Waals surface area (Å²) in [6, 6.07) is 6.11. The molecule has 0 radical (unpaired) electrons. The number of nitrogens with zero attached hydrogens (tertiary/aromatic N) is 1. The topological polar surface area (TPSA) is 68.2 Å². The molecular formula is C14H18N2O2. The van der Waals surface area contributed by atoms with Crippen LogP contribution >= 0.6 is 0 Å². The third-order valence-electron chi connectivity index (χ3n) is 3.07. The smallest absolute Gasteiger partial charge is 0.307 e. The highest BCUT2D eigenvalue weighted by Gasteiger charge is 2.11. The van der Waals surface area contributed by atoms with E-state index in [9.17, 15) is 4.79 Å². The number of aromatic nitrogens is 1. The Labute approximate surface area is 106 Å². The minimum atomic E-state index is -0.798. The van der Waals surface area contributed by atoms with Gasteiger partial charge in [0.2, 0.25) is 0 Å². The van der Waals surface area contributed by atoms with E-state index in [0.717, 1.165) is 29.4 Å². The molecule has 1 aromatic heterocycles. The summed E-state index contributed by atoms with van der Waals surface area (Å²) in [5.74, 6) is -0.798. The van der Waals surface area contributed by atoms with Crippen molar-refractivity contribution >= 4 is 16.9 Å². The number of benzene rings is 1. The van der Waals surface area contributed by atoms with Crippen molar-refractivity contribution in [1.82, 2.24) is 4.57 Å². The maximum atomic E-state index is 10.9. The third-order valence-corrected chi connectivity index (χ3v) is 3.07. The minimum Gasteiger partial charge on any atom is -0.481 e. The van der Waals surface area contributed by atoms with Gasteiger partial charge in [0.05, 0.1) is 6.42 Å². The van der Waals surface area contributed by atoms with Crippen LogP contribution in [-0.4, -0.2) is 22.2 Å². The van der Waals surface area contributed by atoms with Crippen LogP contribution < -0.4 is 5.73 Å². The molecule has 96 valence electrons. The zero-order valence-corrected chi connectivity index (χ0v) is 10.5. The quantitative estimate of drug-likeness (QED) is 0.847. The highest BCUT2D eigenvalue weighted by molar-refractivity contribution is 5.88. The average molecular weight is 246 g/mol. The van der Waals surface area contributed by atoms with Crippen LogP contribution in [0, 0.1) is 6.92 Å². The van der Waals surface area contributed by atoms with Gasteiger partial charge in [-0.25, -0.2) is 0 Å². The summed E-state index contributed by atoms with van der Waals surface area (Å²) in [6.07, 6.45) is 2.90. The lowest BCUT2D eigenvalue weighted by Crippen LogP contribution is -2.05. The fraction of sp³-hybridized carbons (Fsp3) is 0.357. The Morgan fingerprint density at radius 1 is 1.44 bits per heavy atom. The van der Waals surface area contributed by atoms with Gasteiger partial charge in [-0.3, -0.25) is 4.79 Å². The lowest BCUT2D eigenvalue weighted by molar-refractivity contribution is -0.136. The molecule has 0 bridgehead atoms. The standard InChI is InChI=1S/C14H18N2O2/c1-10-3-4-12-11(8-14(17)18)9-16(6-2-5-15)13(12)7-10/h3-4,7,9H,2,5-6,8,15H2,1H3,(H,17,18).